The van der Waals surface area contributed by atoms with E-state index >= 15 is 0 Å². The molecule has 1 saturated heterocycles. The third-order valence-corrected chi connectivity index (χ3v) is 3.06. The summed E-state index contributed by atoms with van der Waals surface area (Å²) in [6.07, 6.45) is 2.17. The average molecular weight is 255 g/mol. The smallest absolute Gasteiger partial charge is 0.237 e. The highest BCUT2D eigenvalue weighted by molar-refractivity contribution is 7.98. The number of carbonyl (C=O) groups excluding carboxylic acids is 1. The van der Waals surface area contributed by atoms with Gasteiger partial charge in [-0.3, -0.25) is 4.79 Å². The van der Waals surface area contributed by atoms with Gasteiger partial charge in [0, 0.05) is 18.3 Å². The molecular formula is C9H19ClN2O2S. The molecule has 1 rings (SSSR count). The Morgan fingerprint density at radius 2 is 2.40 bits per heavy atom. The molecule has 0 aromatic heterocycles. The lowest BCUT2D eigenvalue weighted by Gasteiger charge is -2.16. The molecule has 1 aliphatic heterocycles. The standard InChI is InChI=1S/C9H18N2O2S.ClH/c1-6(5-14-2)11-9(13)8-3-7(12)4-10-8;/h6-8,10,12H,3-5H2,1-2H3,(H,11,13);1H/t6?,7-,8-;/m1./s1. The summed E-state index contributed by atoms with van der Waals surface area (Å²) in [4.78, 5) is 11.6. The Bertz CT molecular complexity index is 207. The molecule has 1 fully saturated rings. The number of carbonyl (C=O) groups is 1. The number of β-amino-alcohol motifs (C(OH)–C–C–N with tert-alkyl or cyclic N) is 1. The molecule has 1 aliphatic rings. The van der Waals surface area contributed by atoms with Gasteiger partial charge >= 0.3 is 0 Å². The first-order chi connectivity index (χ1) is 6.63. The highest BCUT2D eigenvalue weighted by atomic mass is 35.5. The van der Waals surface area contributed by atoms with Crippen LogP contribution in [0.5, 0.6) is 0 Å². The summed E-state index contributed by atoms with van der Waals surface area (Å²) < 4.78 is 0. The van der Waals surface area contributed by atoms with E-state index in [1.807, 2.05) is 13.2 Å². The first-order valence-electron chi connectivity index (χ1n) is 4.84. The molecule has 0 radical (unpaired) electrons. The van der Waals surface area contributed by atoms with Crippen molar-refractivity contribution in [3.8, 4) is 0 Å². The van der Waals surface area contributed by atoms with E-state index in [1.54, 1.807) is 11.8 Å². The first kappa shape index (κ1) is 15.0. The molecule has 0 aromatic carbocycles. The zero-order valence-electron chi connectivity index (χ0n) is 9.03. The lowest BCUT2D eigenvalue weighted by molar-refractivity contribution is -0.123. The van der Waals surface area contributed by atoms with Crippen molar-refractivity contribution >= 4 is 30.1 Å². The quantitative estimate of drug-likeness (QED) is 0.661. The van der Waals surface area contributed by atoms with Crippen molar-refractivity contribution in [3.63, 3.8) is 0 Å². The second-order valence-corrected chi connectivity index (χ2v) is 4.63. The molecule has 3 N–H and O–H groups in total. The monoisotopic (exact) mass is 254 g/mol. The zero-order valence-corrected chi connectivity index (χ0v) is 10.7. The van der Waals surface area contributed by atoms with Crippen LogP contribution >= 0.6 is 24.2 Å². The Morgan fingerprint density at radius 3 is 2.87 bits per heavy atom. The molecule has 0 aromatic rings. The van der Waals surface area contributed by atoms with E-state index in [0.717, 1.165) is 5.75 Å². The number of halogens is 1. The van der Waals surface area contributed by atoms with Crippen LogP contribution in [0.1, 0.15) is 13.3 Å². The van der Waals surface area contributed by atoms with E-state index in [4.69, 9.17) is 0 Å². The van der Waals surface area contributed by atoms with Crippen LogP contribution in [0.4, 0.5) is 0 Å². The number of hydrogen-bond donors (Lipinski definition) is 3. The minimum atomic E-state index is -0.374. The number of aliphatic hydroxyl groups is 1. The van der Waals surface area contributed by atoms with Crippen LogP contribution < -0.4 is 10.6 Å². The van der Waals surface area contributed by atoms with Gasteiger partial charge in [-0.1, -0.05) is 0 Å². The van der Waals surface area contributed by atoms with Crippen LogP contribution in [-0.2, 0) is 4.79 Å². The van der Waals surface area contributed by atoms with Gasteiger partial charge in [0.2, 0.25) is 5.91 Å². The van der Waals surface area contributed by atoms with Gasteiger partial charge in [-0.15, -0.1) is 12.4 Å². The van der Waals surface area contributed by atoms with Gasteiger partial charge in [-0.25, -0.2) is 0 Å². The van der Waals surface area contributed by atoms with E-state index < -0.39 is 0 Å². The van der Waals surface area contributed by atoms with Gasteiger partial charge in [0.05, 0.1) is 12.1 Å². The predicted octanol–water partition coefficient (Wildman–Crippen LogP) is -0.00130. The van der Waals surface area contributed by atoms with Crippen molar-refractivity contribution in [2.45, 2.75) is 31.5 Å². The van der Waals surface area contributed by atoms with Crippen molar-refractivity contribution in [2.24, 2.45) is 0 Å². The second kappa shape index (κ2) is 7.33. The van der Waals surface area contributed by atoms with Gasteiger partial charge in [0.25, 0.3) is 0 Å². The highest BCUT2D eigenvalue weighted by Crippen LogP contribution is 2.06. The van der Waals surface area contributed by atoms with Crippen molar-refractivity contribution < 1.29 is 9.90 Å². The normalized spacial score (nSPS) is 26.9. The van der Waals surface area contributed by atoms with Gasteiger partial charge in [-0.05, 0) is 19.6 Å². The summed E-state index contributed by atoms with van der Waals surface area (Å²) >= 11 is 1.71. The zero-order chi connectivity index (χ0) is 10.6. The molecule has 0 saturated carbocycles. The van der Waals surface area contributed by atoms with Gasteiger partial charge in [-0.2, -0.15) is 11.8 Å². The SMILES string of the molecule is CSCC(C)NC(=O)[C@H]1C[C@@H](O)CN1.Cl. The number of thioether (sulfide) groups is 1. The summed E-state index contributed by atoms with van der Waals surface area (Å²) in [5.74, 6) is 0.921. The molecule has 0 spiro atoms. The van der Waals surface area contributed by atoms with Crippen molar-refractivity contribution in [1.82, 2.24) is 10.6 Å². The fraction of sp³-hybridized carbons (Fsp3) is 0.889. The van der Waals surface area contributed by atoms with Crippen LogP contribution in [0.25, 0.3) is 0 Å². The van der Waals surface area contributed by atoms with Gasteiger partial charge in [0.1, 0.15) is 0 Å². The molecule has 0 aliphatic carbocycles. The fourth-order valence-electron chi connectivity index (χ4n) is 1.55. The Labute approximate surface area is 101 Å². The van der Waals surface area contributed by atoms with Gasteiger partial charge < -0.3 is 15.7 Å². The second-order valence-electron chi connectivity index (χ2n) is 3.72. The molecule has 4 nitrogen and oxygen atoms in total. The molecule has 6 heteroatoms. The molecule has 0 bridgehead atoms. The maximum atomic E-state index is 11.6. The molecule has 90 valence electrons. The fourth-order valence-corrected chi connectivity index (χ4v) is 2.14. The number of nitrogens with one attached hydrogen (secondary N) is 2. The lowest BCUT2D eigenvalue weighted by atomic mass is 10.2. The summed E-state index contributed by atoms with van der Waals surface area (Å²) in [6, 6.07) is -0.0219. The van der Waals surface area contributed by atoms with Crippen molar-refractivity contribution in [3.05, 3.63) is 0 Å². The number of rotatable bonds is 4. The number of aliphatic hydroxyl groups excluding tert-OH is 1. The van der Waals surface area contributed by atoms with Crippen LogP contribution in [0.15, 0.2) is 0 Å². The first-order valence-corrected chi connectivity index (χ1v) is 6.23. The van der Waals surface area contributed by atoms with E-state index in [1.165, 1.54) is 0 Å². The van der Waals surface area contributed by atoms with E-state index in [2.05, 4.69) is 10.6 Å². The lowest BCUT2D eigenvalue weighted by Crippen LogP contribution is -2.44. The van der Waals surface area contributed by atoms with Crippen molar-refractivity contribution in [1.29, 1.82) is 0 Å². The van der Waals surface area contributed by atoms with E-state index in [9.17, 15) is 9.90 Å². The average Bonchev–Trinajstić information content (AvgIpc) is 2.52. The van der Waals surface area contributed by atoms with Crippen LogP contribution in [-0.4, -0.2) is 47.8 Å². The molecule has 15 heavy (non-hydrogen) atoms. The highest BCUT2D eigenvalue weighted by Gasteiger charge is 2.28. The molecule has 1 unspecified atom stereocenters. The Kier molecular flexibility index (Phi) is 7.34. The van der Waals surface area contributed by atoms with Crippen molar-refractivity contribution in [2.75, 3.05) is 18.6 Å². The summed E-state index contributed by atoms with van der Waals surface area (Å²) in [5, 5.41) is 15.1. The van der Waals surface area contributed by atoms with Gasteiger partial charge in [0.15, 0.2) is 0 Å². The van der Waals surface area contributed by atoms with Crippen LogP contribution in [0, 0.1) is 0 Å². The number of hydrogen-bond acceptors (Lipinski definition) is 4. The largest absolute Gasteiger partial charge is 0.392 e. The third-order valence-electron chi connectivity index (χ3n) is 2.23. The minimum Gasteiger partial charge on any atom is -0.392 e. The van der Waals surface area contributed by atoms with E-state index in [-0.39, 0.29) is 36.5 Å². The molecule has 3 atom stereocenters. The maximum Gasteiger partial charge on any atom is 0.237 e. The topological polar surface area (TPSA) is 61.4 Å². The summed E-state index contributed by atoms with van der Waals surface area (Å²) in [6.45, 7) is 2.51. The Balaban J connectivity index is 0.00000196. The summed E-state index contributed by atoms with van der Waals surface area (Å²) in [5.41, 5.74) is 0. The molecule has 1 heterocycles. The predicted molar refractivity (Wildman–Crippen MR) is 65.6 cm³/mol. The Morgan fingerprint density at radius 1 is 1.73 bits per heavy atom. The van der Waals surface area contributed by atoms with Crippen LogP contribution in [0.3, 0.4) is 0 Å². The third kappa shape index (κ3) is 5.06. The maximum absolute atomic E-state index is 11.6. The summed E-state index contributed by atoms with van der Waals surface area (Å²) in [7, 11) is 0. The van der Waals surface area contributed by atoms with Crippen LogP contribution in [0.2, 0.25) is 0 Å². The molecule has 1 amide bonds. The Hall–Kier alpha value is 0.0300. The number of amides is 1. The molecular weight excluding hydrogens is 236 g/mol. The minimum absolute atomic E-state index is 0. The van der Waals surface area contributed by atoms with E-state index in [0.29, 0.717) is 13.0 Å².